The molecule has 0 radical (unpaired) electrons. The van der Waals surface area contributed by atoms with Crippen molar-refractivity contribution >= 4 is 5.91 Å². The molecule has 4 heteroatoms. The first kappa shape index (κ1) is 16.3. The van der Waals surface area contributed by atoms with Crippen LogP contribution in [0.1, 0.15) is 52.4 Å². The summed E-state index contributed by atoms with van der Waals surface area (Å²) in [4.78, 5) is 17.6. The monoisotopic (exact) mass is 307 g/mol. The first-order chi connectivity index (χ1) is 10.6. The highest BCUT2D eigenvalue weighted by atomic mass is 16.2. The van der Waals surface area contributed by atoms with Crippen molar-refractivity contribution in [3.63, 3.8) is 0 Å². The summed E-state index contributed by atoms with van der Waals surface area (Å²) in [5.41, 5.74) is 0. The zero-order valence-electron chi connectivity index (χ0n) is 14.4. The number of fused-ring (bicyclic) bond motifs is 1. The van der Waals surface area contributed by atoms with Gasteiger partial charge in [0.2, 0.25) is 5.91 Å². The van der Waals surface area contributed by atoms with Crippen molar-refractivity contribution in [2.75, 3.05) is 32.7 Å². The SMILES string of the molecule is CC(CC(=O)N1CC2CCCCN2CC1C)C1CCCNC1. The predicted molar refractivity (Wildman–Crippen MR) is 89.8 cm³/mol. The van der Waals surface area contributed by atoms with Crippen LogP contribution in [0.25, 0.3) is 0 Å². The van der Waals surface area contributed by atoms with Gasteiger partial charge >= 0.3 is 0 Å². The van der Waals surface area contributed by atoms with Crippen molar-refractivity contribution in [3.8, 4) is 0 Å². The summed E-state index contributed by atoms with van der Waals surface area (Å²) in [6.45, 7) is 10.0. The first-order valence-corrected chi connectivity index (χ1v) is 9.39. The van der Waals surface area contributed by atoms with Gasteiger partial charge in [0.25, 0.3) is 0 Å². The molecular formula is C18H33N3O. The van der Waals surface area contributed by atoms with Gasteiger partial charge < -0.3 is 10.2 Å². The molecule has 3 aliphatic rings. The number of hydrogen-bond donors (Lipinski definition) is 1. The Morgan fingerprint density at radius 3 is 2.86 bits per heavy atom. The molecule has 22 heavy (non-hydrogen) atoms. The van der Waals surface area contributed by atoms with E-state index in [1.165, 1.54) is 38.6 Å². The lowest BCUT2D eigenvalue weighted by molar-refractivity contribution is -0.139. The average Bonchev–Trinajstić information content (AvgIpc) is 2.54. The van der Waals surface area contributed by atoms with Crippen molar-refractivity contribution in [1.82, 2.24) is 15.1 Å². The van der Waals surface area contributed by atoms with E-state index < -0.39 is 0 Å². The number of nitrogens with zero attached hydrogens (tertiary/aromatic N) is 2. The molecule has 0 aliphatic carbocycles. The molecule has 0 bridgehead atoms. The molecule has 0 aromatic heterocycles. The van der Waals surface area contributed by atoms with Gasteiger partial charge in [-0.05, 0) is 64.1 Å². The van der Waals surface area contributed by atoms with Gasteiger partial charge in [-0.3, -0.25) is 9.69 Å². The van der Waals surface area contributed by atoms with E-state index in [2.05, 4.69) is 29.0 Å². The van der Waals surface area contributed by atoms with E-state index in [-0.39, 0.29) is 0 Å². The number of piperazine rings is 1. The van der Waals surface area contributed by atoms with Gasteiger partial charge in [-0.25, -0.2) is 0 Å². The van der Waals surface area contributed by atoms with Crippen LogP contribution in [0.15, 0.2) is 0 Å². The highest BCUT2D eigenvalue weighted by Crippen LogP contribution is 2.27. The molecular weight excluding hydrogens is 274 g/mol. The molecule has 3 aliphatic heterocycles. The van der Waals surface area contributed by atoms with Crippen LogP contribution < -0.4 is 5.32 Å². The molecule has 4 nitrogen and oxygen atoms in total. The molecule has 3 rings (SSSR count). The van der Waals surface area contributed by atoms with E-state index in [0.29, 0.717) is 29.8 Å². The summed E-state index contributed by atoms with van der Waals surface area (Å²) < 4.78 is 0. The molecule has 0 aromatic carbocycles. The van der Waals surface area contributed by atoms with Gasteiger partial charge in [0.15, 0.2) is 0 Å². The van der Waals surface area contributed by atoms with Crippen LogP contribution in [0.4, 0.5) is 0 Å². The number of carbonyl (C=O) groups excluding carboxylic acids is 1. The van der Waals surface area contributed by atoms with E-state index in [4.69, 9.17) is 0 Å². The third-order valence-corrected chi connectivity index (χ3v) is 6.14. The van der Waals surface area contributed by atoms with Crippen LogP contribution in [0.2, 0.25) is 0 Å². The summed E-state index contributed by atoms with van der Waals surface area (Å²) in [5.74, 6) is 1.59. The molecule has 3 saturated heterocycles. The summed E-state index contributed by atoms with van der Waals surface area (Å²) in [6, 6.07) is 1.01. The maximum Gasteiger partial charge on any atom is 0.223 e. The number of hydrogen-bond acceptors (Lipinski definition) is 3. The topological polar surface area (TPSA) is 35.6 Å². The molecule has 0 saturated carbocycles. The molecule has 1 amide bonds. The van der Waals surface area contributed by atoms with E-state index in [0.717, 1.165) is 32.6 Å². The van der Waals surface area contributed by atoms with Crippen LogP contribution >= 0.6 is 0 Å². The van der Waals surface area contributed by atoms with Gasteiger partial charge in [-0.2, -0.15) is 0 Å². The molecule has 4 atom stereocenters. The maximum absolute atomic E-state index is 12.8. The van der Waals surface area contributed by atoms with Gasteiger partial charge in [0.05, 0.1) is 0 Å². The highest BCUT2D eigenvalue weighted by Gasteiger charge is 2.35. The fourth-order valence-electron chi connectivity index (χ4n) is 4.62. The van der Waals surface area contributed by atoms with E-state index in [1.54, 1.807) is 0 Å². The van der Waals surface area contributed by atoms with Gasteiger partial charge in [-0.1, -0.05) is 13.3 Å². The standard InChI is InChI=1S/C18H33N3O/c1-14(16-6-5-8-19-11-16)10-18(22)21-13-17-7-3-4-9-20(17)12-15(21)2/h14-17,19H,3-13H2,1-2H3. The zero-order valence-corrected chi connectivity index (χ0v) is 14.4. The zero-order chi connectivity index (χ0) is 15.5. The lowest BCUT2D eigenvalue weighted by Crippen LogP contribution is -2.60. The molecule has 4 unspecified atom stereocenters. The third-order valence-electron chi connectivity index (χ3n) is 6.14. The minimum Gasteiger partial charge on any atom is -0.337 e. The smallest absolute Gasteiger partial charge is 0.223 e. The van der Waals surface area contributed by atoms with Crippen molar-refractivity contribution in [2.45, 2.75) is 64.5 Å². The van der Waals surface area contributed by atoms with Crippen molar-refractivity contribution < 1.29 is 4.79 Å². The number of amides is 1. The van der Waals surface area contributed by atoms with Crippen molar-refractivity contribution in [2.24, 2.45) is 11.8 Å². The lowest BCUT2D eigenvalue weighted by Gasteiger charge is -2.47. The molecule has 3 heterocycles. The van der Waals surface area contributed by atoms with Crippen LogP contribution in [0, 0.1) is 11.8 Å². The van der Waals surface area contributed by atoms with Gasteiger partial charge in [0, 0.05) is 31.6 Å². The second-order valence-corrected chi connectivity index (χ2v) is 7.83. The first-order valence-electron chi connectivity index (χ1n) is 9.39. The van der Waals surface area contributed by atoms with E-state index >= 15 is 0 Å². The van der Waals surface area contributed by atoms with Crippen molar-refractivity contribution in [1.29, 1.82) is 0 Å². The highest BCUT2D eigenvalue weighted by molar-refractivity contribution is 5.77. The minimum atomic E-state index is 0.388. The maximum atomic E-state index is 12.8. The van der Waals surface area contributed by atoms with Crippen LogP contribution in [0.5, 0.6) is 0 Å². The Morgan fingerprint density at radius 2 is 2.09 bits per heavy atom. The summed E-state index contributed by atoms with van der Waals surface area (Å²) in [7, 11) is 0. The van der Waals surface area contributed by atoms with Crippen LogP contribution in [-0.4, -0.2) is 60.5 Å². The Balaban J connectivity index is 1.54. The average molecular weight is 307 g/mol. The minimum absolute atomic E-state index is 0.388. The Hall–Kier alpha value is -0.610. The Kier molecular flexibility index (Phi) is 5.40. The molecule has 3 fully saturated rings. The van der Waals surface area contributed by atoms with Crippen molar-refractivity contribution in [3.05, 3.63) is 0 Å². The van der Waals surface area contributed by atoms with Gasteiger partial charge in [0.1, 0.15) is 0 Å². The second kappa shape index (κ2) is 7.31. The third kappa shape index (κ3) is 3.65. The number of carbonyl (C=O) groups is 1. The van der Waals surface area contributed by atoms with E-state index in [9.17, 15) is 4.79 Å². The second-order valence-electron chi connectivity index (χ2n) is 7.83. The summed E-state index contributed by atoms with van der Waals surface area (Å²) >= 11 is 0. The number of rotatable bonds is 3. The quantitative estimate of drug-likeness (QED) is 0.867. The fraction of sp³-hybridized carbons (Fsp3) is 0.944. The van der Waals surface area contributed by atoms with Crippen LogP contribution in [-0.2, 0) is 4.79 Å². The number of nitrogens with one attached hydrogen (secondary N) is 1. The van der Waals surface area contributed by atoms with E-state index in [1.807, 2.05) is 0 Å². The molecule has 0 spiro atoms. The predicted octanol–water partition coefficient (Wildman–Crippen LogP) is 2.10. The molecule has 1 N–H and O–H groups in total. The number of piperidine rings is 2. The normalized spacial score (nSPS) is 35.0. The Morgan fingerprint density at radius 1 is 1.23 bits per heavy atom. The van der Waals surface area contributed by atoms with Gasteiger partial charge in [-0.15, -0.1) is 0 Å². The summed E-state index contributed by atoms with van der Waals surface area (Å²) in [5, 5.41) is 3.48. The fourth-order valence-corrected chi connectivity index (χ4v) is 4.62. The Labute approximate surface area is 135 Å². The summed E-state index contributed by atoms with van der Waals surface area (Å²) in [6.07, 6.45) is 7.24. The Bertz CT molecular complexity index is 381. The molecule has 0 aromatic rings. The molecule has 126 valence electrons. The lowest BCUT2D eigenvalue weighted by atomic mass is 9.85. The largest absolute Gasteiger partial charge is 0.337 e. The van der Waals surface area contributed by atoms with Crippen LogP contribution in [0.3, 0.4) is 0 Å².